The van der Waals surface area contributed by atoms with E-state index in [1.54, 1.807) is 24.1 Å². The minimum Gasteiger partial charge on any atom is -0.491 e. The average Bonchev–Trinajstić information content (AvgIpc) is 2.84. The molecule has 1 aromatic carbocycles. The van der Waals surface area contributed by atoms with Crippen LogP contribution in [-0.2, 0) is 13.6 Å². The summed E-state index contributed by atoms with van der Waals surface area (Å²) in [4.78, 5) is 11.9. The third kappa shape index (κ3) is 3.85. The molecule has 0 radical (unpaired) electrons. The summed E-state index contributed by atoms with van der Waals surface area (Å²) in [6.45, 7) is 4.46. The zero-order valence-electron chi connectivity index (χ0n) is 12.0. The summed E-state index contributed by atoms with van der Waals surface area (Å²) in [5.74, 6) is 0.711. The van der Waals surface area contributed by atoms with E-state index in [1.165, 1.54) is 0 Å². The Balaban J connectivity index is 1.89. The maximum absolute atomic E-state index is 11.9. The summed E-state index contributed by atoms with van der Waals surface area (Å²) in [6, 6.07) is 7.71. The van der Waals surface area contributed by atoms with E-state index in [0.29, 0.717) is 12.1 Å². The quantitative estimate of drug-likeness (QED) is 0.908. The first-order valence-corrected chi connectivity index (χ1v) is 6.57. The predicted molar refractivity (Wildman–Crippen MR) is 76.6 cm³/mol. The Kier molecular flexibility index (Phi) is 4.40. The molecule has 0 saturated heterocycles. The van der Waals surface area contributed by atoms with Gasteiger partial charge in [-0.15, -0.1) is 0 Å². The van der Waals surface area contributed by atoms with Crippen LogP contribution in [0.15, 0.2) is 36.7 Å². The van der Waals surface area contributed by atoms with Gasteiger partial charge in [0.05, 0.1) is 17.9 Å². The second kappa shape index (κ2) is 6.23. The molecule has 20 heavy (non-hydrogen) atoms. The van der Waals surface area contributed by atoms with Crippen molar-refractivity contribution in [3.05, 3.63) is 47.8 Å². The fourth-order valence-corrected chi connectivity index (χ4v) is 1.78. The smallest absolute Gasteiger partial charge is 0.254 e. The molecular formula is C15H19N3O2. The van der Waals surface area contributed by atoms with Crippen LogP contribution in [0.5, 0.6) is 5.75 Å². The van der Waals surface area contributed by atoms with Gasteiger partial charge in [-0.3, -0.25) is 9.48 Å². The molecule has 0 aliphatic rings. The first-order valence-electron chi connectivity index (χ1n) is 6.57. The van der Waals surface area contributed by atoms with Gasteiger partial charge in [-0.05, 0) is 31.5 Å². The number of nitrogens with zero attached hydrogens (tertiary/aromatic N) is 2. The molecule has 1 N–H and O–H groups in total. The number of hydrogen-bond donors (Lipinski definition) is 1. The van der Waals surface area contributed by atoms with Crippen molar-refractivity contribution >= 4 is 5.91 Å². The van der Waals surface area contributed by atoms with E-state index in [4.69, 9.17) is 4.74 Å². The van der Waals surface area contributed by atoms with Crippen LogP contribution >= 0.6 is 0 Å². The van der Waals surface area contributed by atoms with Crippen molar-refractivity contribution in [1.29, 1.82) is 0 Å². The molecule has 0 unspecified atom stereocenters. The maximum Gasteiger partial charge on any atom is 0.254 e. The lowest BCUT2D eigenvalue weighted by molar-refractivity contribution is 0.0951. The summed E-state index contributed by atoms with van der Waals surface area (Å²) in [5.41, 5.74) is 1.59. The SMILES string of the molecule is CC(C)Oc1ccc(CNC(=O)c2cnn(C)c2)cc1. The van der Waals surface area contributed by atoms with Gasteiger partial charge in [0, 0.05) is 19.8 Å². The van der Waals surface area contributed by atoms with Crippen LogP contribution in [-0.4, -0.2) is 21.8 Å². The van der Waals surface area contributed by atoms with Gasteiger partial charge >= 0.3 is 0 Å². The highest BCUT2D eigenvalue weighted by Crippen LogP contribution is 2.13. The standard InChI is InChI=1S/C15H19N3O2/c1-11(2)20-14-6-4-12(5-7-14)8-16-15(19)13-9-17-18(3)10-13/h4-7,9-11H,8H2,1-3H3,(H,16,19). The molecule has 2 aromatic rings. The van der Waals surface area contributed by atoms with Crippen molar-refractivity contribution in [2.24, 2.45) is 7.05 Å². The third-order valence-corrected chi connectivity index (χ3v) is 2.72. The lowest BCUT2D eigenvalue weighted by Crippen LogP contribution is -2.22. The van der Waals surface area contributed by atoms with E-state index in [1.807, 2.05) is 38.1 Å². The molecule has 1 heterocycles. The zero-order chi connectivity index (χ0) is 14.5. The molecule has 2 rings (SSSR count). The Morgan fingerprint density at radius 1 is 1.35 bits per heavy atom. The Labute approximate surface area is 118 Å². The molecule has 5 heteroatoms. The van der Waals surface area contributed by atoms with Crippen molar-refractivity contribution in [2.75, 3.05) is 0 Å². The number of carbonyl (C=O) groups is 1. The van der Waals surface area contributed by atoms with Crippen LogP contribution in [0, 0.1) is 0 Å². The second-order valence-electron chi connectivity index (χ2n) is 4.90. The van der Waals surface area contributed by atoms with E-state index in [2.05, 4.69) is 10.4 Å². The van der Waals surface area contributed by atoms with Gasteiger partial charge in [0.1, 0.15) is 5.75 Å². The Hall–Kier alpha value is -2.30. The maximum atomic E-state index is 11.9. The Morgan fingerprint density at radius 3 is 2.60 bits per heavy atom. The first kappa shape index (κ1) is 14.1. The minimum atomic E-state index is -0.124. The lowest BCUT2D eigenvalue weighted by atomic mass is 10.2. The minimum absolute atomic E-state index is 0.124. The van der Waals surface area contributed by atoms with E-state index in [0.717, 1.165) is 11.3 Å². The average molecular weight is 273 g/mol. The fraction of sp³-hybridized carbons (Fsp3) is 0.333. The second-order valence-corrected chi connectivity index (χ2v) is 4.90. The van der Waals surface area contributed by atoms with E-state index >= 15 is 0 Å². The van der Waals surface area contributed by atoms with E-state index in [-0.39, 0.29) is 12.0 Å². The predicted octanol–water partition coefficient (Wildman–Crippen LogP) is 2.14. The van der Waals surface area contributed by atoms with Crippen molar-refractivity contribution in [3.8, 4) is 5.75 Å². The number of amides is 1. The van der Waals surface area contributed by atoms with Gasteiger partial charge in [0.25, 0.3) is 5.91 Å². The molecule has 0 bridgehead atoms. The van der Waals surface area contributed by atoms with Crippen LogP contribution in [0.1, 0.15) is 29.8 Å². The number of aryl methyl sites for hydroxylation is 1. The highest BCUT2D eigenvalue weighted by Gasteiger charge is 2.07. The van der Waals surface area contributed by atoms with Gasteiger partial charge in [-0.1, -0.05) is 12.1 Å². The Morgan fingerprint density at radius 2 is 2.05 bits per heavy atom. The number of nitrogens with one attached hydrogen (secondary N) is 1. The van der Waals surface area contributed by atoms with Crippen LogP contribution < -0.4 is 10.1 Å². The number of rotatable bonds is 5. The molecule has 106 valence electrons. The van der Waals surface area contributed by atoms with Crippen LogP contribution in [0.4, 0.5) is 0 Å². The van der Waals surface area contributed by atoms with Gasteiger partial charge in [-0.25, -0.2) is 0 Å². The highest BCUT2D eigenvalue weighted by molar-refractivity contribution is 5.93. The van der Waals surface area contributed by atoms with Crippen molar-refractivity contribution < 1.29 is 9.53 Å². The summed E-state index contributed by atoms with van der Waals surface area (Å²) >= 11 is 0. The summed E-state index contributed by atoms with van der Waals surface area (Å²) in [5, 5.41) is 6.83. The summed E-state index contributed by atoms with van der Waals surface area (Å²) in [7, 11) is 1.78. The largest absolute Gasteiger partial charge is 0.491 e. The first-order chi connectivity index (χ1) is 9.54. The lowest BCUT2D eigenvalue weighted by Gasteiger charge is -2.10. The van der Waals surface area contributed by atoms with Gasteiger partial charge < -0.3 is 10.1 Å². The molecule has 0 spiro atoms. The highest BCUT2D eigenvalue weighted by atomic mass is 16.5. The number of aromatic nitrogens is 2. The fourth-order valence-electron chi connectivity index (χ4n) is 1.78. The number of hydrogen-bond acceptors (Lipinski definition) is 3. The van der Waals surface area contributed by atoms with Crippen LogP contribution in [0.3, 0.4) is 0 Å². The van der Waals surface area contributed by atoms with Gasteiger partial charge in [-0.2, -0.15) is 5.10 Å². The molecule has 1 aromatic heterocycles. The Bertz CT molecular complexity index is 573. The molecule has 0 aliphatic heterocycles. The molecule has 0 fully saturated rings. The van der Waals surface area contributed by atoms with E-state index < -0.39 is 0 Å². The molecule has 0 saturated carbocycles. The molecule has 5 nitrogen and oxygen atoms in total. The monoisotopic (exact) mass is 273 g/mol. The number of ether oxygens (including phenoxy) is 1. The topological polar surface area (TPSA) is 56.1 Å². The molecule has 1 amide bonds. The molecular weight excluding hydrogens is 254 g/mol. The van der Waals surface area contributed by atoms with Crippen LogP contribution in [0.25, 0.3) is 0 Å². The van der Waals surface area contributed by atoms with Crippen LogP contribution in [0.2, 0.25) is 0 Å². The zero-order valence-corrected chi connectivity index (χ0v) is 12.0. The number of benzene rings is 1. The molecule has 0 aliphatic carbocycles. The number of carbonyl (C=O) groups excluding carboxylic acids is 1. The van der Waals surface area contributed by atoms with E-state index in [9.17, 15) is 4.79 Å². The summed E-state index contributed by atoms with van der Waals surface area (Å²) in [6.07, 6.45) is 3.40. The third-order valence-electron chi connectivity index (χ3n) is 2.72. The van der Waals surface area contributed by atoms with Gasteiger partial charge in [0.2, 0.25) is 0 Å². The van der Waals surface area contributed by atoms with Crippen molar-refractivity contribution in [1.82, 2.24) is 15.1 Å². The van der Waals surface area contributed by atoms with Gasteiger partial charge in [0.15, 0.2) is 0 Å². The summed E-state index contributed by atoms with van der Waals surface area (Å²) < 4.78 is 7.17. The normalized spacial score (nSPS) is 10.6. The van der Waals surface area contributed by atoms with Crippen molar-refractivity contribution in [3.63, 3.8) is 0 Å². The van der Waals surface area contributed by atoms with Crippen molar-refractivity contribution in [2.45, 2.75) is 26.5 Å². The molecule has 0 atom stereocenters.